The average Bonchev–Trinajstić information content (AvgIpc) is 2.63. The van der Waals surface area contributed by atoms with Crippen LogP contribution in [0.15, 0.2) is 41.3 Å². The number of methoxy groups -OCH3 is 1. The molecule has 3 rings (SSSR count). The highest BCUT2D eigenvalue weighted by atomic mass is 32.2. The maximum atomic E-state index is 12.7. The van der Waals surface area contributed by atoms with Gasteiger partial charge in [0.1, 0.15) is 5.75 Å². The molecule has 6 heteroatoms. The van der Waals surface area contributed by atoms with E-state index in [1.165, 1.54) is 12.8 Å². The van der Waals surface area contributed by atoms with Gasteiger partial charge in [0.25, 0.3) is 0 Å². The van der Waals surface area contributed by atoms with E-state index in [-0.39, 0.29) is 0 Å². The zero-order valence-electron chi connectivity index (χ0n) is 14.2. The second kappa shape index (κ2) is 7.68. The second-order valence-corrected chi connectivity index (χ2v) is 8.47. The fourth-order valence-corrected chi connectivity index (χ4v) is 4.86. The summed E-state index contributed by atoms with van der Waals surface area (Å²) in [7, 11) is -1.83. The van der Waals surface area contributed by atoms with Crippen LogP contribution in [0.1, 0.15) is 19.3 Å². The number of ether oxygens (including phenoxy) is 1. The number of allylic oxidation sites excluding steroid dienone is 2. The molecule has 1 saturated heterocycles. The summed E-state index contributed by atoms with van der Waals surface area (Å²) in [6.07, 6.45) is 8.12. The molecule has 1 heterocycles. The molecule has 2 aliphatic rings. The van der Waals surface area contributed by atoms with Crippen molar-refractivity contribution in [1.82, 2.24) is 9.21 Å². The number of piperazine rings is 1. The van der Waals surface area contributed by atoms with Gasteiger partial charge in [0, 0.05) is 32.7 Å². The Morgan fingerprint density at radius 2 is 1.79 bits per heavy atom. The molecule has 0 bridgehead atoms. The van der Waals surface area contributed by atoms with Crippen LogP contribution < -0.4 is 4.74 Å². The lowest BCUT2D eigenvalue weighted by Gasteiger charge is -2.36. The number of hydrogen-bond donors (Lipinski definition) is 0. The summed E-state index contributed by atoms with van der Waals surface area (Å²) >= 11 is 0. The molecule has 1 fully saturated rings. The first kappa shape index (κ1) is 17.5. The average molecular weight is 350 g/mol. The highest BCUT2D eigenvalue weighted by Gasteiger charge is 2.29. The standard InChI is InChI=1S/C18H26N2O3S/c1-23-17-7-9-18(10-8-17)24(21,22)20-13-11-19(12-14-20)15-16-5-3-2-4-6-16/h2-3,7-10,16H,4-6,11-15H2,1H3/t16-/m0/s1. The van der Waals surface area contributed by atoms with Crippen LogP contribution in [0.2, 0.25) is 0 Å². The minimum atomic E-state index is -3.40. The van der Waals surface area contributed by atoms with E-state index in [4.69, 9.17) is 4.74 Å². The van der Waals surface area contributed by atoms with Crippen LogP contribution in [0.4, 0.5) is 0 Å². The molecule has 1 aliphatic heterocycles. The molecule has 5 nitrogen and oxygen atoms in total. The first-order chi connectivity index (χ1) is 11.6. The molecule has 0 unspecified atom stereocenters. The quantitative estimate of drug-likeness (QED) is 0.765. The molecular formula is C18H26N2O3S. The van der Waals surface area contributed by atoms with Gasteiger partial charge in [-0.15, -0.1) is 0 Å². The summed E-state index contributed by atoms with van der Waals surface area (Å²) in [4.78, 5) is 2.75. The Labute approximate surface area is 145 Å². The van der Waals surface area contributed by atoms with Crippen LogP contribution in [0.25, 0.3) is 0 Å². The van der Waals surface area contributed by atoms with E-state index in [0.717, 1.165) is 32.0 Å². The molecule has 1 aromatic rings. The molecule has 1 aliphatic carbocycles. The van der Waals surface area contributed by atoms with E-state index in [0.29, 0.717) is 23.7 Å². The van der Waals surface area contributed by atoms with E-state index in [1.807, 2.05) is 0 Å². The van der Waals surface area contributed by atoms with Gasteiger partial charge < -0.3 is 9.64 Å². The predicted octanol–water partition coefficient (Wildman–Crippen LogP) is 2.36. The van der Waals surface area contributed by atoms with Crippen LogP contribution in [-0.4, -0.2) is 57.5 Å². The van der Waals surface area contributed by atoms with Crippen molar-refractivity contribution >= 4 is 10.0 Å². The third-order valence-electron chi connectivity index (χ3n) is 4.92. The third kappa shape index (κ3) is 3.99. The van der Waals surface area contributed by atoms with Crippen LogP contribution in [0.3, 0.4) is 0 Å². The van der Waals surface area contributed by atoms with Crippen molar-refractivity contribution in [2.45, 2.75) is 24.2 Å². The van der Waals surface area contributed by atoms with Crippen molar-refractivity contribution in [3.63, 3.8) is 0 Å². The van der Waals surface area contributed by atoms with E-state index < -0.39 is 10.0 Å². The number of rotatable bonds is 5. The van der Waals surface area contributed by atoms with Gasteiger partial charge in [-0.3, -0.25) is 0 Å². The lowest BCUT2D eigenvalue weighted by molar-refractivity contribution is 0.161. The molecule has 24 heavy (non-hydrogen) atoms. The second-order valence-electron chi connectivity index (χ2n) is 6.53. The molecule has 0 N–H and O–H groups in total. The highest BCUT2D eigenvalue weighted by molar-refractivity contribution is 7.89. The first-order valence-corrected chi connectivity index (χ1v) is 10.0. The maximum absolute atomic E-state index is 12.7. The fraction of sp³-hybridized carbons (Fsp3) is 0.556. The van der Waals surface area contributed by atoms with Gasteiger partial charge in [0.15, 0.2) is 0 Å². The van der Waals surface area contributed by atoms with Crippen LogP contribution in [-0.2, 0) is 10.0 Å². The molecular weight excluding hydrogens is 324 g/mol. The maximum Gasteiger partial charge on any atom is 0.243 e. The zero-order chi connectivity index (χ0) is 17.0. The summed E-state index contributed by atoms with van der Waals surface area (Å²) < 4.78 is 32.2. The number of hydrogen-bond acceptors (Lipinski definition) is 4. The van der Waals surface area contributed by atoms with E-state index in [2.05, 4.69) is 17.1 Å². The van der Waals surface area contributed by atoms with Crippen molar-refractivity contribution < 1.29 is 13.2 Å². The fourth-order valence-electron chi connectivity index (χ4n) is 3.44. The Hall–Kier alpha value is -1.37. The van der Waals surface area contributed by atoms with Crippen molar-refractivity contribution in [3.8, 4) is 5.75 Å². The van der Waals surface area contributed by atoms with Gasteiger partial charge in [0.2, 0.25) is 10.0 Å². The monoisotopic (exact) mass is 350 g/mol. The van der Waals surface area contributed by atoms with Gasteiger partial charge in [-0.1, -0.05) is 12.2 Å². The Morgan fingerprint density at radius 1 is 1.08 bits per heavy atom. The molecule has 0 spiro atoms. The molecule has 1 aromatic carbocycles. The van der Waals surface area contributed by atoms with Gasteiger partial charge in [-0.25, -0.2) is 8.42 Å². The summed E-state index contributed by atoms with van der Waals surface area (Å²) in [6, 6.07) is 6.63. The van der Waals surface area contributed by atoms with Crippen LogP contribution in [0.5, 0.6) is 5.75 Å². The van der Waals surface area contributed by atoms with Gasteiger partial charge in [0.05, 0.1) is 12.0 Å². The summed E-state index contributed by atoms with van der Waals surface area (Å²) in [5.74, 6) is 1.39. The van der Waals surface area contributed by atoms with E-state index in [1.54, 1.807) is 35.7 Å². The Morgan fingerprint density at radius 3 is 2.38 bits per heavy atom. The number of benzene rings is 1. The molecule has 0 amide bonds. The lowest BCUT2D eigenvalue weighted by Crippen LogP contribution is -2.49. The van der Waals surface area contributed by atoms with E-state index >= 15 is 0 Å². The lowest BCUT2D eigenvalue weighted by atomic mass is 9.94. The summed E-state index contributed by atoms with van der Waals surface area (Å²) in [6.45, 7) is 3.85. The first-order valence-electron chi connectivity index (χ1n) is 8.61. The molecule has 0 saturated carbocycles. The summed E-state index contributed by atoms with van der Waals surface area (Å²) in [5.41, 5.74) is 0. The van der Waals surface area contributed by atoms with Crippen molar-refractivity contribution in [1.29, 1.82) is 0 Å². The normalized spacial score (nSPS) is 23.3. The zero-order valence-corrected chi connectivity index (χ0v) is 15.0. The molecule has 0 aromatic heterocycles. The van der Waals surface area contributed by atoms with Crippen LogP contribution >= 0.6 is 0 Å². The Kier molecular flexibility index (Phi) is 5.58. The van der Waals surface area contributed by atoms with Gasteiger partial charge in [-0.2, -0.15) is 4.31 Å². The van der Waals surface area contributed by atoms with Gasteiger partial charge >= 0.3 is 0 Å². The molecule has 1 atom stereocenters. The minimum Gasteiger partial charge on any atom is -0.497 e. The summed E-state index contributed by atoms with van der Waals surface area (Å²) in [5, 5.41) is 0. The van der Waals surface area contributed by atoms with Crippen LogP contribution in [0, 0.1) is 5.92 Å². The largest absolute Gasteiger partial charge is 0.497 e. The SMILES string of the molecule is COc1ccc(S(=O)(=O)N2CCN(C[C@H]3CC=CCC3)CC2)cc1. The third-order valence-corrected chi connectivity index (χ3v) is 6.84. The van der Waals surface area contributed by atoms with Gasteiger partial charge in [-0.05, 0) is 49.4 Å². The molecule has 0 radical (unpaired) electrons. The number of nitrogens with zero attached hydrogens (tertiary/aromatic N) is 2. The van der Waals surface area contributed by atoms with Crippen molar-refractivity contribution in [3.05, 3.63) is 36.4 Å². The predicted molar refractivity (Wildman–Crippen MR) is 94.7 cm³/mol. The topological polar surface area (TPSA) is 49.9 Å². The van der Waals surface area contributed by atoms with Crippen molar-refractivity contribution in [2.75, 3.05) is 39.8 Å². The smallest absolute Gasteiger partial charge is 0.243 e. The Bertz CT molecular complexity index is 662. The van der Waals surface area contributed by atoms with Crippen molar-refractivity contribution in [2.24, 2.45) is 5.92 Å². The molecule has 132 valence electrons. The Balaban J connectivity index is 1.57. The number of sulfonamides is 1. The highest BCUT2D eigenvalue weighted by Crippen LogP contribution is 2.23. The van der Waals surface area contributed by atoms with E-state index in [9.17, 15) is 8.42 Å². The minimum absolute atomic E-state index is 0.342.